The van der Waals surface area contributed by atoms with Crippen molar-refractivity contribution in [1.82, 2.24) is 5.32 Å². The van der Waals surface area contributed by atoms with E-state index in [1.165, 1.54) is 12.8 Å². The van der Waals surface area contributed by atoms with Gasteiger partial charge in [0.2, 0.25) is 5.91 Å². The van der Waals surface area contributed by atoms with Crippen molar-refractivity contribution in [2.75, 3.05) is 6.54 Å². The number of carbonyl (C=O) groups is 1. The highest BCUT2D eigenvalue weighted by atomic mass is 16.2. The largest absolute Gasteiger partial charge is 0.387 e. The highest BCUT2D eigenvalue weighted by Crippen LogP contribution is 2.24. The van der Waals surface area contributed by atoms with Gasteiger partial charge >= 0.3 is 0 Å². The Morgan fingerprint density at radius 2 is 1.94 bits per heavy atom. The molecule has 92 valence electrons. The average Bonchev–Trinajstić information content (AvgIpc) is 2.64. The summed E-state index contributed by atoms with van der Waals surface area (Å²) < 4.78 is 0. The number of hydrogen-bond acceptors (Lipinski definition) is 2. The van der Waals surface area contributed by atoms with Crippen LogP contribution in [-0.4, -0.2) is 23.8 Å². The van der Waals surface area contributed by atoms with E-state index in [4.69, 9.17) is 5.73 Å². The maximum absolute atomic E-state index is 11.5. The molecule has 0 heterocycles. The van der Waals surface area contributed by atoms with E-state index in [1.54, 1.807) is 0 Å². The first kappa shape index (κ1) is 13.0. The minimum Gasteiger partial charge on any atom is -0.387 e. The fraction of sp³-hybridized carbons (Fsp3) is 0.833. The first-order chi connectivity index (χ1) is 7.38. The summed E-state index contributed by atoms with van der Waals surface area (Å²) in [5.74, 6) is 0.998. The molecular weight excluding hydrogens is 202 g/mol. The normalized spacial score (nSPS) is 18.8. The standard InChI is InChI=1S/C12H23N3O/c1-12(2,3)15-10(16)8-14-11(13)9-6-4-5-7-9/h9H,4-8H2,1-3H3,(H2,13,14)(H,15,16). The van der Waals surface area contributed by atoms with Crippen molar-refractivity contribution < 1.29 is 4.79 Å². The van der Waals surface area contributed by atoms with Gasteiger partial charge in [0.25, 0.3) is 0 Å². The molecule has 4 nitrogen and oxygen atoms in total. The summed E-state index contributed by atoms with van der Waals surface area (Å²) in [7, 11) is 0. The lowest BCUT2D eigenvalue weighted by atomic mass is 10.1. The molecule has 0 atom stereocenters. The summed E-state index contributed by atoms with van der Waals surface area (Å²) in [6, 6.07) is 0. The summed E-state index contributed by atoms with van der Waals surface area (Å²) in [4.78, 5) is 15.7. The Bertz CT molecular complexity index is 272. The Morgan fingerprint density at radius 1 is 1.38 bits per heavy atom. The molecule has 0 aliphatic heterocycles. The van der Waals surface area contributed by atoms with E-state index in [9.17, 15) is 4.79 Å². The van der Waals surface area contributed by atoms with Crippen LogP contribution in [0.2, 0.25) is 0 Å². The Morgan fingerprint density at radius 3 is 2.44 bits per heavy atom. The van der Waals surface area contributed by atoms with Crippen molar-refractivity contribution in [1.29, 1.82) is 0 Å². The lowest BCUT2D eigenvalue weighted by Gasteiger charge is -2.19. The molecule has 1 aliphatic rings. The van der Waals surface area contributed by atoms with Gasteiger partial charge in [-0.25, -0.2) is 0 Å². The second kappa shape index (κ2) is 5.32. The topological polar surface area (TPSA) is 67.5 Å². The zero-order valence-corrected chi connectivity index (χ0v) is 10.5. The average molecular weight is 225 g/mol. The van der Waals surface area contributed by atoms with Crippen molar-refractivity contribution in [3.63, 3.8) is 0 Å². The van der Waals surface area contributed by atoms with E-state index < -0.39 is 0 Å². The van der Waals surface area contributed by atoms with Gasteiger partial charge in [-0.15, -0.1) is 0 Å². The molecule has 0 aromatic heterocycles. The van der Waals surface area contributed by atoms with Crippen LogP contribution in [0, 0.1) is 5.92 Å². The molecule has 0 spiro atoms. The lowest BCUT2D eigenvalue weighted by Crippen LogP contribution is -2.42. The van der Waals surface area contributed by atoms with Crippen molar-refractivity contribution in [3.8, 4) is 0 Å². The van der Waals surface area contributed by atoms with E-state index in [-0.39, 0.29) is 18.0 Å². The van der Waals surface area contributed by atoms with Crippen LogP contribution in [0.25, 0.3) is 0 Å². The number of rotatable bonds is 3. The summed E-state index contributed by atoms with van der Waals surface area (Å²) in [6.45, 7) is 6.01. The Labute approximate surface area is 97.7 Å². The smallest absolute Gasteiger partial charge is 0.242 e. The lowest BCUT2D eigenvalue weighted by molar-refractivity contribution is -0.121. The van der Waals surface area contributed by atoms with Gasteiger partial charge in [0, 0.05) is 11.5 Å². The molecule has 0 aromatic carbocycles. The zero-order chi connectivity index (χ0) is 12.2. The van der Waals surface area contributed by atoms with E-state index >= 15 is 0 Å². The predicted molar refractivity (Wildman–Crippen MR) is 66.3 cm³/mol. The molecule has 16 heavy (non-hydrogen) atoms. The SMILES string of the molecule is CC(C)(C)NC(=O)CN=C(N)C1CCCC1. The van der Waals surface area contributed by atoms with Gasteiger partial charge in [-0.1, -0.05) is 12.8 Å². The van der Waals surface area contributed by atoms with E-state index in [0.29, 0.717) is 11.8 Å². The Hall–Kier alpha value is -1.06. The predicted octanol–water partition coefficient (Wildman–Crippen LogP) is 1.45. The highest BCUT2D eigenvalue weighted by Gasteiger charge is 2.19. The number of amidine groups is 1. The molecule has 4 heteroatoms. The third-order valence-corrected chi connectivity index (χ3v) is 2.69. The van der Waals surface area contributed by atoms with Crippen LogP contribution in [0.3, 0.4) is 0 Å². The van der Waals surface area contributed by atoms with Gasteiger partial charge in [0.15, 0.2) is 0 Å². The summed E-state index contributed by atoms with van der Waals surface area (Å²) in [5.41, 5.74) is 5.66. The molecular formula is C12H23N3O. The fourth-order valence-electron chi connectivity index (χ4n) is 1.97. The van der Waals surface area contributed by atoms with Crippen LogP contribution in [-0.2, 0) is 4.79 Å². The first-order valence-corrected chi connectivity index (χ1v) is 5.99. The van der Waals surface area contributed by atoms with E-state index in [1.807, 2.05) is 20.8 Å². The molecule has 1 amide bonds. The van der Waals surface area contributed by atoms with Crippen LogP contribution in [0.4, 0.5) is 0 Å². The van der Waals surface area contributed by atoms with E-state index in [2.05, 4.69) is 10.3 Å². The monoisotopic (exact) mass is 225 g/mol. The molecule has 1 aliphatic carbocycles. The van der Waals surface area contributed by atoms with Crippen molar-refractivity contribution >= 4 is 11.7 Å². The van der Waals surface area contributed by atoms with Crippen LogP contribution < -0.4 is 11.1 Å². The number of nitrogens with zero attached hydrogens (tertiary/aromatic N) is 1. The minimum absolute atomic E-state index is 0.0616. The minimum atomic E-state index is -0.200. The number of amides is 1. The molecule has 1 rings (SSSR count). The van der Waals surface area contributed by atoms with Gasteiger partial charge < -0.3 is 11.1 Å². The Balaban J connectivity index is 2.37. The quantitative estimate of drug-likeness (QED) is 0.564. The number of nitrogens with one attached hydrogen (secondary N) is 1. The van der Waals surface area contributed by atoms with Gasteiger partial charge in [0.1, 0.15) is 6.54 Å². The molecule has 0 unspecified atom stereocenters. The molecule has 0 radical (unpaired) electrons. The van der Waals surface area contributed by atoms with Crippen LogP contribution in [0.5, 0.6) is 0 Å². The van der Waals surface area contributed by atoms with Crippen LogP contribution in [0.15, 0.2) is 4.99 Å². The highest BCUT2D eigenvalue weighted by molar-refractivity contribution is 5.87. The van der Waals surface area contributed by atoms with Crippen LogP contribution >= 0.6 is 0 Å². The number of carbonyl (C=O) groups excluding carboxylic acids is 1. The Kier molecular flexibility index (Phi) is 4.33. The van der Waals surface area contributed by atoms with Crippen molar-refractivity contribution in [2.45, 2.75) is 52.0 Å². The van der Waals surface area contributed by atoms with Crippen molar-refractivity contribution in [2.24, 2.45) is 16.6 Å². The van der Waals surface area contributed by atoms with Gasteiger partial charge in [-0.05, 0) is 33.6 Å². The van der Waals surface area contributed by atoms with Gasteiger partial charge in [0.05, 0.1) is 5.84 Å². The molecule has 0 aromatic rings. The van der Waals surface area contributed by atoms with Gasteiger partial charge in [-0.3, -0.25) is 9.79 Å². The third-order valence-electron chi connectivity index (χ3n) is 2.69. The zero-order valence-electron chi connectivity index (χ0n) is 10.5. The summed E-state index contributed by atoms with van der Waals surface area (Å²) in [5, 5.41) is 2.86. The number of hydrogen-bond donors (Lipinski definition) is 2. The molecule has 1 saturated carbocycles. The van der Waals surface area contributed by atoms with Crippen molar-refractivity contribution in [3.05, 3.63) is 0 Å². The second-order valence-electron chi connectivity index (χ2n) is 5.52. The molecule has 0 saturated heterocycles. The summed E-state index contributed by atoms with van der Waals surface area (Å²) in [6.07, 6.45) is 4.70. The number of nitrogens with two attached hydrogens (primary N) is 1. The molecule has 3 N–H and O–H groups in total. The molecule has 0 bridgehead atoms. The van der Waals surface area contributed by atoms with Gasteiger partial charge in [-0.2, -0.15) is 0 Å². The third kappa shape index (κ3) is 4.64. The first-order valence-electron chi connectivity index (χ1n) is 5.99. The fourth-order valence-corrected chi connectivity index (χ4v) is 1.97. The maximum atomic E-state index is 11.5. The second-order valence-corrected chi connectivity index (χ2v) is 5.52. The molecule has 1 fully saturated rings. The van der Waals surface area contributed by atoms with E-state index in [0.717, 1.165) is 12.8 Å². The number of aliphatic imine (C=N–C) groups is 1. The maximum Gasteiger partial charge on any atom is 0.242 e. The summed E-state index contributed by atoms with van der Waals surface area (Å²) >= 11 is 0. The van der Waals surface area contributed by atoms with Crippen LogP contribution in [0.1, 0.15) is 46.5 Å².